The molecule has 0 saturated carbocycles. The quantitative estimate of drug-likeness (QED) is 0.434. The zero-order valence-electron chi connectivity index (χ0n) is 7.57. The van der Waals surface area contributed by atoms with Crippen molar-refractivity contribution in [2.75, 3.05) is 0 Å². The molecular formula is C9H6N4OS. The maximum absolute atomic E-state index is 11.4. The van der Waals surface area contributed by atoms with Crippen molar-refractivity contribution in [3.8, 4) is 5.69 Å². The van der Waals surface area contributed by atoms with E-state index in [0.29, 0.717) is 4.88 Å². The minimum absolute atomic E-state index is 0.448. The molecule has 2 heterocycles. The average Bonchev–Trinajstić information content (AvgIpc) is 2.88. The van der Waals surface area contributed by atoms with E-state index in [0.717, 1.165) is 5.69 Å². The van der Waals surface area contributed by atoms with E-state index < -0.39 is 5.91 Å². The number of aromatic nitrogens is 1. The Morgan fingerprint density at radius 1 is 1.47 bits per heavy atom. The second kappa shape index (κ2) is 4.00. The van der Waals surface area contributed by atoms with Gasteiger partial charge in [0, 0.05) is 17.3 Å². The molecule has 0 radical (unpaired) electrons. The van der Waals surface area contributed by atoms with Crippen molar-refractivity contribution in [2.24, 2.45) is 5.11 Å². The van der Waals surface area contributed by atoms with Crippen LogP contribution in [0.25, 0.3) is 16.1 Å². The fraction of sp³-hybridized carbons (Fsp3) is 0. The summed E-state index contributed by atoms with van der Waals surface area (Å²) in [6, 6.07) is 5.53. The Hall–Kier alpha value is -2.04. The summed E-state index contributed by atoms with van der Waals surface area (Å²) in [5, 5.41) is 4.86. The number of hydrogen-bond donors (Lipinski definition) is 0. The van der Waals surface area contributed by atoms with Gasteiger partial charge in [0.05, 0.1) is 5.69 Å². The lowest BCUT2D eigenvalue weighted by Gasteiger charge is -2.00. The van der Waals surface area contributed by atoms with Gasteiger partial charge >= 0.3 is 0 Å². The highest BCUT2D eigenvalue weighted by Crippen LogP contribution is 2.22. The molecule has 0 aliphatic rings. The molecule has 0 saturated heterocycles. The standard InChI is InChI=1S/C9H6N4OS/c10-12-11-9(14)8-7(3-6-15-8)13-4-1-2-5-13/h1-6H. The van der Waals surface area contributed by atoms with Crippen LogP contribution in [0.1, 0.15) is 9.67 Å². The average molecular weight is 218 g/mol. The molecule has 6 heteroatoms. The molecule has 0 aliphatic heterocycles. The van der Waals surface area contributed by atoms with Gasteiger partial charge < -0.3 is 4.57 Å². The summed E-state index contributed by atoms with van der Waals surface area (Å²) in [6.45, 7) is 0. The van der Waals surface area contributed by atoms with E-state index in [1.54, 1.807) is 9.95 Å². The Morgan fingerprint density at radius 2 is 2.20 bits per heavy atom. The Bertz CT molecular complexity index is 522. The van der Waals surface area contributed by atoms with E-state index in [1.165, 1.54) is 11.3 Å². The third kappa shape index (κ3) is 1.76. The summed E-state index contributed by atoms with van der Waals surface area (Å²) in [5.74, 6) is -0.545. The van der Waals surface area contributed by atoms with E-state index >= 15 is 0 Å². The van der Waals surface area contributed by atoms with Crippen LogP contribution in [0, 0.1) is 0 Å². The van der Waals surface area contributed by atoms with Crippen LogP contribution < -0.4 is 0 Å². The lowest BCUT2D eigenvalue weighted by atomic mass is 10.3. The van der Waals surface area contributed by atoms with Gasteiger partial charge in [-0.05, 0) is 34.2 Å². The topological polar surface area (TPSA) is 70.8 Å². The number of carbonyl (C=O) groups is 1. The minimum atomic E-state index is -0.545. The van der Waals surface area contributed by atoms with Crippen molar-refractivity contribution in [1.82, 2.24) is 4.57 Å². The predicted octanol–water partition coefficient (Wildman–Crippen LogP) is 2.99. The summed E-state index contributed by atoms with van der Waals surface area (Å²) >= 11 is 1.26. The summed E-state index contributed by atoms with van der Waals surface area (Å²) in [5.41, 5.74) is 8.93. The molecule has 0 bridgehead atoms. The zero-order valence-corrected chi connectivity index (χ0v) is 8.39. The second-order valence-electron chi connectivity index (χ2n) is 2.72. The van der Waals surface area contributed by atoms with Crippen LogP contribution in [0.4, 0.5) is 0 Å². The highest BCUT2D eigenvalue weighted by atomic mass is 32.1. The molecule has 74 valence electrons. The van der Waals surface area contributed by atoms with Crippen LogP contribution in [-0.2, 0) is 0 Å². The first-order chi connectivity index (χ1) is 7.33. The van der Waals surface area contributed by atoms with Gasteiger partial charge in [-0.25, -0.2) is 0 Å². The van der Waals surface area contributed by atoms with Crippen LogP contribution in [0.2, 0.25) is 0 Å². The van der Waals surface area contributed by atoms with Gasteiger partial charge in [-0.1, -0.05) is 0 Å². The van der Waals surface area contributed by atoms with Crippen LogP contribution in [0.15, 0.2) is 41.1 Å². The first-order valence-electron chi connectivity index (χ1n) is 4.13. The van der Waals surface area contributed by atoms with Crippen molar-refractivity contribution in [1.29, 1.82) is 0 Å². The molecule has 0 N–H and O–H groups in total. The van der Waals surface area contributed by atoms with Crippen molar-refractivity contribution >= 4 is 17.2 Å². The Morgan fingerprint density at radius 3 is 2.87 bits per heavy atom. The highest BCUT2D eigenvalue weighted by Gasteiger charge is 2.12. The molecular weight excluding hydrogens is 212 g/mol. The zero-order chi connectivity index (χ0) is 10.7. The SMILES string of the molecule is [N-]=[N+]=NC(=O)c1sccc1-n1cccc1. The number of carbonyl (C=O) groups excluding carboxylic acids is 1. The largest absolute Gasteiger partial charge is 0.322 e. The van der Waals surface area contributed by atoms with E-state index in [2.05, 4.69) is 10.0 Å². The number of thiophene rings is 1. The number of azide groups is 1. The normalized spacial score (nSPS) is 9.60. The summed E-state index contributed by atoms with van der Waals surface area (Å²) in [6.07, 6.45) is 3.66. The number of rotatable bonds is 2. The first kappa shape index (κ1) is 9.51. The fourth-order valence-electron chi connectivity index (χ4n) is 1.25. The Kier molecular flexibility index (Phi) is 2.53. The maximum atomic E-state index is 11.4. The van der Waals surface area contributed by atoms with Gasteiger partial charge in [0.2, 0.25) is 0 Å². The molecule has 0 atom stereocenters. The molecule has 0 spiro atoms. The molecule has 2 aromatic rings. The van der Waals surface area contributed by atoms with Gasteiger partial charge in [0.25, 0.3) is 5.91 Å². The summed E-state index contributed by atoms with van der Waals surface area (Å²) in [4.78, 5) is 14.3. The van der Waals surface area contributed by atoms with Crippen LogP contribution in [0.5, 0.6) is 0 Å². The van der Waals surface area contributed by atoms with Gasteiger partial charge in [-0.2, -0.15) is 0 Å². The first-order valence-corrected chi connectivity index (χ1v) is 5.01. The molecule has 2 aromatic heterocycles. The molecule has 0 aromatic carbocycles. The predicted molar refractivity (Wildman–Crippen MR) is 57.1 cm³/mol. The monoisotopic (exact) mass is 218 g/mol. The van der Waals surface area contributed by atoms with Crippen molar-refractivity contribution < 1.29 is 4.79 Å². The molecule has 0 fully saturated rings. The number of hydrogen-bond acceptors (Lipinski definition) is 2. The lowest BCUT2D eigenvalue weighted by molar-refractivity contribution is 0.100. The number of amides is 1. The second-order valence-corrected chi connectivity index (χ2v) is 3.64. The van der Waals surface area contributed by atoms with E-state index in [-0.39, 0.29) is 0 Å². The molecule has 5 nitrogen and oxygen atoms in total. The highest BCUT2D eigenvalue weighted by molar-refractivity contribution is 7.12. The van der Waals surface area contributed by atoms with Crippen LogP contribution in [-0.4, -0.2) is 10.5 Å². The number of nitrogens with zero attached hydrogens (tertiary/aromatic N) is 4. The van der Waals surface area contributed by atoms with Gasteiger partial charge in [0.1, 0.15) is 4.88 Å². The maximum Gasteiger partial charge on any atom is 0.261 e. The Labute approximate surface area is 89.2 Å². The van der Waals surface area contributed by atoms with Crippen molar-refractivity contribution in [2.45, 2.75) is 0 Å². The fourth-order valence-corrected chi connectivity index (χ4v) is 2.02. The van der Waals surface area contributed by atoms with E-state index in [9.17, 15) is 4.79 Å². The van der Waals surface area contributed by atoms with Crippen molar-refractivity contribution in [3.63, 3.8) is 0 Å². The lowest BCUT2D eigenvalue weighted by Crippen LogP contribution is -1.97. The summed E-state index contributed by atoms with van der Waals surface area (Å²) < 4.78 is 1.80. The summed E-state index contributed by atoms with van der Waals surface area (Å²) in [7, 11) is 0. The van der Waals surface area contributed by atoms with Crippen molar-refractivity contribution in [3.05, 3.63) is 51.3 Å². The third-order valence-electron chi connectivity index (χ3n) is 1.86. The minimum Gasteiger partial charge on any atom is -0.322 e. The van der Waals surface area contributed by atoms with Gasteiger partial charge in [-0.3, -0.25) is 4.79 Å². The van der Waals surface area contributed by atoms with Crippen LogP contribution in [0.3, 0.4) is 0 Å². The smallest absolute Gasteiger partial charge is 0.261 e. The molecule has 2 rings (SSSR count). The third-order valence-corrected chi connectivity index (χ3v) is 2.75. The van der Waals surface area contributed by atoms with Gasteiger partial charge in [-0.15, -0.1) is 11.3 Å². The molecule has 0 unspecified atom stereocenters. The molecule has 0 aliphatic carbocycles. The van der Waals surface area contributed by atoms with Gasteiger partial charge in [0.15, 0.2) is 0 Å². The molecule has 15 heavy (non-hydrogen) atoms. The van der Waals surface area contributed by atoms with E-state index in [4.69, 9.17) is 5.53 Å². The van der Waals surface area contributed by atoms with E-state index in [1.807, 2.05) is 30.6 Å². The van der Waals surface area contributed by atoms with Crippen LogP contribution >= 0.6 is 11.3 Å². The molecule has 1 amide bonds. The Balaban J connectivity index is 2.47.